The van der Waals surface area contributed by atoms with E-state index < -0.39 is 5.60 Å². The van der Waals surface area contributed by atoms with Crippen molar-refractivity contribution in [3.8, 4) is 5.75 Å². The Hall–Kier alpha value is -1.87. The first-order chi connectivity index (χ1) is 8.72. The van der Waals surface area contributed by atoms with Crippen molar-refractivity contribution in [3.05, 3.63) is 54.1 Å². The minimum Gasteiger partial charge on any atom is -0.497 e. The summed E-state index contributed by atoms with van der Waals surface area (Å²) >= 11 is 0. The highest BCUT2D eigenvalue weighted by molar-refractivity contribution is 6.04. The van der Waals surface area contributed by atoms with Crippen molar-refractivity contribution in [2.24, 2.45) is 0 Å². The van der Waals surface area contributed by atoms with Crippen LogP contribution in [0.5, 0.6) is 5.75 Å². The summed E-state index contributed by atoms with van der Waals surface area (Å²) in [6.45, 7) is 0. The van der Waals surface area contributed by atoms with E-state index in [0.29, 0.717) is 12.0 Å². The molecule has 1 aromatic rings. The van der Waals surface area contributed by atoms with Crippen molar-refractivity contribution in [1.29, 1.82) is 0 Å². The number of methoxy groups -OCH3 is 2. The van der Waals surface area contributed by atoms with Gasteiger partial charge in [-0.1, -0.05) is 18.2 Å². The minimum absolute atomic E-state index is 0.0340. The zero-order chi connectivity index (χ0) is 13.0. The number of hydrogen-bond acceptors (Lipinski definition) is 3. The van der Waals surface area contributed by atoms with Crippen LogP contribution in [0.3, 0.4) is 0 Å². The van der Waals surface area contributed by atoms with Crippen LogP contribution in [-0.2, 0) is 4.74 Å². The minimum atomic E-state index is -0.872. The van der Waals surface area contributed by atoms with Gasteiger partial charge in [-0.25, -0.2) is 0 Å². The summed E-state index contributed by atoms with van der Waals surface area (Å²) in [4.78, 5) is 12.5. The first-order valence-corrected chi connectivity index (χ1v) is 5.80. The number of Topliss-reactive ketones (excluding diaryl/α,β-unsaturated/α-hetero) is 1. The SMILES string of the molecule is COc1ccc(C(=O)C2(OC)C=CC=CC2)cc1. The number of allylic oxidation sites excluding steroid dienone is 2. The lowest BCUT2D eigenvalue weighted by Crippen LogP contribution is -2.39. The lowest BCUT2D eigenvalue weighted by Gasteiger charge is -2.28. The molecule has 1 unspecified atom stereocenters. The molecule has 0 fully saturated rings. The molecule has 0 saturated carbocycles. The van der Waals surface area contributed by atoms with Crippen LogP contribution >= 0.6 is 0 Å². The van der Waals surface area contributed by atoms with Crippen LogP contribution in [0.1, 0.15) is 16.8 Å². The Morgan fingerprint density at radius 3 is 2.39 bits per heavy atom. The van der Waals surface area contributed by atoms with Gasteiger partial charge in [0.2, 0.25) is 0 Å². The number of carbonyl (C=O) groups is 1. The second-order valence-corrected chi connectivity index (χ2v) is 4.14. The quantitative estimate of drug-likeness (QED) is 0.764. The second kappa shape index (κ2) is 5.19. The molecule has 0 N–H and O–H groups in total. The lowest BCUT2D eigenvalue weighted by atomic mass is 9.87. The van der Waals surface area contributed by atoms with Gasteiger partial charge in [0.1, 0.15) is 5.75 Å². The fourth-order valence-electron chi connectivity index (χ4n) is 2.00. The highest BCUT2D eigenvalue weighted by Crippen LogP contribution is 2.27. The smallest absolute Gasteiger partial charge is 0.198 e. The third kappa shape index (κ3) is 2.22. The van der Waals surface area contributed by atoms with E-state index in [9.17, 15) is 4.79 Å². The van der Waals surface area contributed by atoms with Crippen molar-refractivity contribution < 1.29 is 14.3 Å². The van der Waals surface area contributed by atoms with E-state index in [1.54, 1.807) is 44.6 Å². The Kier molecular flexibility index (Phi) is 3.63. The third-order valence-electron chi connectivity index (χ3n) is 3.13. The summed E-state index contributed by atoms with van der Waals surface area (Å²) in [7, 11) is 3.16. The number of ether oxygens (including phenoxy) is 2. The molecule has 0 spiro atoms. The Balaban J connectivity index is 2.28. The maximum atomic E-state index is 12.5. The maximum Gasteiger partial charge on any atom is 0.198 e. The summed E-state index contributed by atoms with van der Waals surface area (Å²) < 4.78 is 10.5. The fourth-order valence-corrected chi connectivity index (χ4v) is 2.00. The van der Waals surface area contributed by atoms with Crippen LogP contribution in [-0.4, -0.2) is 25.6 Å². The predicted molar refractivity (Wildman–Crippen MR) is 70.0 cm³/mol. The number of benzene rings is 1. The zero-order valence-electron chi connectivity index (χ0n) is 10.6. The molecule has 0 amide bonds. The van der Waals surface area contributed by atoms with E-state index in [0.717, 1.165) is 5.75 Å². The topological polar surface area (TPSA) is 35.5 Å². The van der Waals surface area contributed by atoms with Gasteiger partial charge >= 0.3 is 0 Å². The Bertz CT molecular complexity index is 485. The summed E-state index contributed by atoms with van der Waals surface area (Å²) in [6, 6.07) is 7.07. The molecule has 1 aliphatic rings. The molecular formula is C15H16O3. The number of rotatable bonds is 4. The van der Waals surface area contributed by atoms with Gasteiger partial charge in [0.15, 0.2) is 11.4 Å². The van der Waals surface area contributed by atoms with Gasteiger partial charge in [-0.15, -0.1) is 0 Å². The Labute approximate surface area is 107 Å². The molecular weight excluding hydrogens is 228 g/mol. The van der Waals surface area contributed by atoms with Gasteiger partial charge in [-0.2, -0.15) is 0 Å². The summed E-state index contributed by atoms with van der Waals surface area (Å²) in [5, 5.41) is 0. The van der Waals surface area contributed by atoms with Gasteiger partial charge < -0.3 is 9.47 Å². The van der Waals surface area contributed by atoms with E-state index in [1.807, 2.05) is 18.2 Å². The molecule has 1 atom stereocenters. The molecule has 94 valence electrons. The average Bonchev–Trinajstić information content (AvgIpc) is 2.47. The Morgan fingerprint density at radius 2 is 1.89 bits per heavy atom. The van der Waals surface area contributed by atoms with Gasteiger partial charge in [-0.3, -0.25) is 4.79 Å². The van der Waals surface area contributed by atoms with Crippen LogP contribution in [0.25, 0.3) is 0 Å². The summed E-state index contributed by atoms with van der Waals surface area (Å²) in [5.41, 5.74) is -0.249. The van der Waals surface area contributed by atoms with Gasteiger partial charge in [0.05, 0.1) is 7.11 Å². The first-order valence-electron chi connectivity index (χ1n) is 5.80. The maximum absolute atomic E-state index is 12.5. The molecule has 1 aliphatic carbocycles. The molecule has 0 aliphatic heterocycles. The van der Waals surface area contributed by atoms with Gasteiger partial charge in [0.25, 0.3) is 0 Å². The Morgan fingerprint density at radius 1 is 1.17 bits per heavy atom. The van der Waals surface area contributed by atoms with Gasteiger partial charge in [-0.05, 0) is 30.3 Å². The molecule has 0 heterocycles. The third-order valence-corrected chi connectivity index (χ3v) is 3.13. The van der Waals surface area contributed by atoms with Crippen LogP contribution in [0, 0.1) is 0 Å². The fraction of sp³-hybridized carbons (Fsp3) is 0.267. The van der Waals surface area contributed by atoms with E-state index in [-0.39, 0.29) is 5.78 Å². The molecule has 0 bridgehead atoms. The van der Waals surface area contributed by atoms with Crippen molar-refractivity contribution in [3.63, 3.8) is 0 Å². The summed E-state index contributed by atoms with van der Waals surface area (Å²) in [5.74, 6) is 0.699. The number of ketones is 1. The number of carbonyl (C=O) groups excluding carboxylic acids is 1. The average molecular weight is 244 g/mol. The van der Waals surface area contributed by atoms with Crippen molar-refractivity contribution in [1.82, 2.24) is 0 Å². The monoisotopic (exact) mass is 244 g/mol. The van der Waals surface area contributed by atoms with Crippen molar-refractivity contribution in [2.45, 2.75) is 12.0 Å². The molecule has 0 radical (unpaired) electrons. The normalized spacial score (nSPS) is 21.9. The van der Waals surface area contributed by atoms with Crippen LogP contribution in [0.2, 0.25) is 0 Å². The zero-order valence-corrected chi connectivity index (χ0v) is 10.6. The number of hydrogen-bond donors (Lipinski definition) is 0. The summed E-state index contributed by atoms with van der Waals surface area (Å²) in [6.07, 6.45) is 8.06. The van der Waals surface area contributed by atoms with Gasteiger partial charge in [0, 0.05) is 19.1 Å². The molecule has 2 rings (SSSR count). The second-order valence-electron chi connectivity index (χ2n) is 4.14. The molecule has 1 aromatic carbocycles. The lowest BCUT2D eigenvalue weighted by molar-refractivity contribution is 0.0292. The van der Waals surface area contributed by atoms with Crippen molar-refractivity contribution >= 4 is 5.78 Å². The largest absolute Gasteiger partial charge is 0.497 e. The van der Waals surface area contributed by atoms with Crippen LogP contribution < -0.4 is 4.74 Å². The molecule has 0 aromatic heterocycles. The van der Waals surface area contributed by atoms with Crippen LogP contribution in [0.15, 0.2) is 48.6 Å². The highest BCUT2D eigenvalue weighted by atomic mass is 16.5. The molecule has 0 saturated heterocycles. The highest BCUT2D eigenvalue weighted by Gasteiger charge is 2.36. The van der Waals surface area contributed by atoms with Crippen molar-refractivity contribution in [2.75, 3.05) is 14.2 Å². The molecule has 3 nitrogen and oxygen atoms in total. The van der Waals surface area contributed by atoms with E-state index in [4.69, 9.17) is 9.47 Å². The van der Waals surface area contributed by atoms with E-state index in [1.165, 1.54) is 0 Å². The molecule has 18 heavy (non-hydrogen) atoms. The van der Waals surface area contributed by atoms with Crippen LogP contribution in [0.4, 0.5) is 0 Å². The molecule has 3 heteroatoms. The first kappa shape index (κ1) is 12.6. The predicted octanol–water partition coefficient (Wildman–Crippen LogP) is 2.78. The standard InChI is InChI=1S/C15H16O3/c1-17-13-8-6-12(7-9-13)14(16)15(18-2)10-4-3-5-11-15/h3-10H,11H2,1-2H3. The van der Waals surface area contributed by atoms with E-state index >= 15 is 0 Å². The van der Waals surface area contributed by atoms with E-state index in [2.05, 4.69) is 0 Å².